The van der Waals surface area contributed by atoms with Crippen LogP contribution >= 0.6 is 0 Å². The van der Waals surface area contributed by atoms with Gasteiger partial charge >= 0.3 is 11.9 Å². The summed E-state index contributed by atoms with van der Waals surface area (Å²) >= 11 is 0. The van der Waals surface area contributed by atoms with Gasteiger partial charge in [0.25, 0.3) is 0 Å². The van der Waals surface area contributed by atoms with Gasteiger partial charge < -0.3 is 10.2 Å². The first-order valence-electron chi connectivity index (χ1n) is 2.17. The molecular weight excluding hydrogens is 138 g/mol. The van der Waals surface area contributed by atoms with E-state index < -0.39 is 18.4 Å². The largest absolute Gasteiger partial charge is 0.481 e. The predicted molar refractivity (Wildman–Crippen MR) is 40.5 cm³/mol. The zero-order chi connectivity index (χ0) is 7.44. The molecule has 0 aromatic carbocycles. The van der Waals surface area contributed by atoms with E-state index in [4.69, 9.17) is 10.2 Å². The topological polar surface area (TPSA) is 74.6 Å². The van der Waals surface area contributed by atoms with Gasteiger partial charge in [-0.05, 0) is 0 Å². The van der Waals surface area contributed by atoms with Crippen molar-refractivity contribution in [2.45, 2.75) is 6.42 Å². The van der Waals surface area contributed by atoms with Crippen LogP contribution in [-0.4, -0.2) is 59.9 Å². The molecule has 4 nitrogen and oxygen atoms in total. The monoisotopic (exact) mass is 144 g/mol. The normalized spacial score (nSPS) is 6.91. The van der Waals surface area contributed by atoms with Gasteiger partial charge in [-0.25, -0.2) is 4.79 Å². The number of carboxylic acids is 2. The Hall–Kier alpha value is -0.125. The summed E-state index contributed by atoms with van der Waals surface area (Å²) in [6, 6.07) is 0. The molecule has 0 fully saturated rings. The zero-order valence-electron chi connectivity index (χ0n) is 6.63. The molecule has 2 N–H and O–H groups in total. The SMILES string of the molecule is C=C(CC(=O)O)C(=O)O.[Li].[Li]. The van der Waals surface area contributed by atoms with Crippen LogP contribution in [0, 0.1) is 0 Å². The van der Waals surface area contributed by atoms with Crippen molar-refractivity contribution in [1.29, 1.82) is 0 Å². The second-order valence-electron chi connectivity index (χ2n) is 1.48. The minimum Gasteiger partial charge on any atom is -0.481 e. The van der Waals surface area contributed by atoms with E-state index in [9.17, 15) is 9.59 Å². The summed E-state index contributed by atoms with van der Waals surface area (Å²) in [4.78, 5) is 19.7. The molecule has 0 aromatic rings. The van der Waals surface area contributed by atoms with Crippen LogP contribution in [0.25, 0.3) is 0 Å². The van der Waals surface area contributed by atoms with Crippen molar-refractivity contribution >= 4 is 49.7 Å². The fraction of sp³-hybridized carbons (Fsp3) is 0.200. The van der Waals surface area contributed by atoms with E-state index in [-0.39, 0.29) is 43.3 Å². The Kier molecular flexibility index (Phi) is 12.4. The van der Waals surface area contributed by atoms with E-state index in [2.05, 4.69) is 6.58 Å². The molecule has 0 unspecified atom stereocenters. The molecule has 0 bridgehead atoms. The Balaban J connectivity index is -0.000000320. The number of hydrogen-bond acceptors (Lipinski definition) is 2. The summed E-state index contributed by atoms with van der Waals surface area (Å²) in [5.74, 6) is -2.44. The molecule has 11 heavy (non-hydrogen) atoms. The molecule has 0 aliphatic rings. The summed E-state index contributed by atoms with van der Waals surface area (Å²) in [6.07, 6.45) is -0.505. The maximum atomic E-state index is 9.87. The Morgan fingerprint density at radius 3 is 1.64 bits per heavy atom. The number of carboxylic acid groups (broad SMARTS) is 2. The van der Waals surface area contributed by atoms with Crippen molar-refractivity contribution in [1.82, 2.24) is 0 Å². The molecule has 6 heteroatoms. The molecule has 2 radical (unpaired) electrons. The fourth-order valence-electron chi connectivity index (χ4n) is 0.258. The molecule has 0 amide bonds. The van der Waals surface area contributed by atoms with Crippen LogP contribution in [0.3, 0.4) is 0 Å². The first-order chi connectivity index (χ1) is 4.04. The Bertz CT molecular complexity index is 166. The number of carbonyl (C=O) groups is 2. The van der Waals surface area contributed by atoms with Crippen LogP contribution in [0.1, 0.15) is 6.42 Å². The Labute approximate surface area is 88.0 Å². The van der Waals surface area contributed by atoms with Crippen molar-refractivity contribution in [3.05, 3.63) is 12.2 Å². The maximum Gasteiger partial charge on any atom is 0.331 e. The molecule has 0 saturated carbocycles. The first-order valence-corrected chi connectivity index (χ1v) is 2.17. The zero-order valence-corrected chi connectivity index (χ0v) is 6.63. The number of hydrogen-bond donors (Lipinski definition) is 2. The van der Waals surface area contributed by atoms with E-state index in [0.717, 1.165) is 0 Å². The van der Waals surface area contributed by atoms with Crippen molar-refractivity contribution in [3.8, 4) is 0 Å². The van der Waals surface area contributed by atoms with Crippen molar-refractivity contribution in [3.63, 3.8) is 0 Å². The maximum absolute atomic E-state index is 9.87. The van der Waals surface area contributed by atoms with Crippen LogP contribution < -0.4 is 0 Å². The van der Waals surface area contributed by atoms with Gasteiger partial charge in [0.05, 0.1) is 6.42 Å². The van der Waals surface area contributed by atoms with E-state index in [0.29, 0.717) is 0 Å². The van der Waals surface area contributed by atoms with Crippen LogP contribution in [0.4, 0.5) is 0 Å². The number of aliphatic carboxylic acids is 2. The smallest absolute Gasteiger partial charge is 0.331 e. The van der Waals surface area contributed by atoms with Gasteiger partial charge in [0, 0.05) is 43.3 Å². The van der Waals surface area contributed by atoms with Gasteiger partial charge in [0.2, 0.25) is 0 Å². The molecular formula is C5H6Li2O4. The van der Waals surface area contributed by atoms with E-state index in [1.807, 2.05) is 0 Å². The molecule has 0 aromatic heterocycles. The molecule has 0 saturated heterocycles. The van der Waals surface area contributed by atoms with Gasteiger partial charge in [-0.15, -0.1) is 0 Å². The third-order valence-corrected chi connectivity index (χ3v) is 0.667. The van der Waals surface area contributed by atoms with Crippen molar-refractivity contribution < 1.29 is 19.8 Å². The number of rotatable bonds is 3. The van der Waals surface area contributed by atoms with Gasteiger partial charge in [-0.1, -0.05) is 6.58 Å². The minimum atomic E-state index is -1.27. The quantitative estimate of drug-likeness (QED) is 0.407. The summed E-state index contributed by atoms with van der Waals surface area (Å²) < 4.78 is 0. The van der Waals surface area contributed by atoms with Gasteiger partial charge in [0.1, 0.15) is 0 Å². The summed E-state index contributed by atoms with van der Waals surface area (Å²) in [5, 5.41) is 16.1. The average molecular weight is 144 g/mol. The molecule has 0 heterocycles. The fourth-order valence-corrected chi connectivity index (χ4v) is 0.258. The standard InChI is InChI=1S/C5H6O4.2Li/c1-3(5(8)9)2-4(6)7;;/h1-2H2,(H,6,7)(H,8,9);;. The third-order valence-electron chi connectivity index (χ3n) is 0.667. The second-order valence-corrected chi connectivity index (χ2v) is 1.48. The minimum absolute atomic E-state index is 0. The first kappa shape index (κ1) is 17.1. The molecule has 0 rings (SSSR count). The van der Waals surface area contributed by atoms with Crippen molar-refractivity contribution in [2.24, 2.45) is 0 Å². The molecule has 0 aliphatic heterocycles. The molecule has 52 valence electrons. The van der Waals surface area contributed by atoms with Crippen LogP contribution in [0.5, 0.6) is 0 Å². The Morgan fingerprint density at radius 2 is 1.55 bits per heavy atom. The van der Waals surface area contributed by atoms with E-state index >= 15 is 0 Å². The van der Waals surface area contributed by atoms with E-state index in [1.165, 1.54) is 0 Å². The molecule has 0 aliphatic carbocycles. The van der Waals surface area contributed by atoms with Crippen molar-refractivity contribution in [2.75, 3.05) is 0 Å². The summed E-state index contributed by atoms with van der Waals surface area (Å²) in [6.45, 7) is 3.01. The Morgan fingerprint density at radius 1 is 1.18 bits per heavy atom. The van der Waals surface area contributed by atoms with Crippen LogP contribution in [-0.2, 0) is 9.59 Å². The van der Waals surface area contributed by atoms with E-state index in [1.54, 1.807) is 0 Å². The van der Waals surface area contributed by atoms with Crippen LogP contribution in [0.15, 0.2) is 12.2 Å². The van der Waals surface area contributed by atoms with Gasteiger partial charge in [-0.3, -0.25) is 4.79 Å². The summed E-state index contributed by atoms with van der Waals surface area (Å²) in [7, 11) is 0. The molecule has 0 atom stereocenters. The van der Waals surface area contributed by atoms with Gasteiger partial charge in [-0.2, -0.15) is 0 Å². The van der Waals surface area contributed by atoms with Gasteiger partial charge in [0.15, 0.2) is 0 Å². The third kappa shape index (κ3) is 9.87. The second kappa shape index (κ2) is 7.98. The predicted octanol–water partition coefficient (Wildman–Crippen LogP) is -0.660. The average Bonchev–Trinajstić information content (AvgIpc) is 1.63. The summed E-state index contributed by atoms with van der Waals surface area (Å²) in [5.41, 5.74) is -0.303. The van der Waals surface area contributed by atoms with Crippen LogP contribution in [0.2, 0.25) is 0 Å². The molecule has 0 spiro atoms.